The van der Waals surface area contributed by atoms with Gasteiger partial charge in [0.1, 0.15) is 0 Å². The first kappa shape index (κ1) is 14.4. The Morgan fingerprint density at radius 2 is 1.95 bits per heavy atom. The van der Waals surface area contributed by atoms with Crippen LogP contribution in [0.15, 0.2) is 47.1 Å². The fraction of sp³-hybridized carbons (Fsp3) is 0.118. The standard InChI is InChI=1S/C17H13BrClNO/c1-10-3-4-11(7-15(10)18)17(21)14-9-20(2)16-8-12(19)5-6-13(14)16/h3-9H,1-2H3. The van der Waals surface area contributed by atoms with Gasteiger partial charge in [-0.2, -0.15) is 0 Å². The zero-order valence-electron chi connectivity index (χ0n) is 11.7. The average Bonchev–Trinajstić information content (AvgIpc) is 2.78. The van der Waals surface area contributed by atoms with Crippen LogP contribution in [0.1, 0.15) is 21.5 Å². The minimum Gasteiger partial charge on any atom is -0.350 e. The van der Waals surface area contributed by atoms with Crippen molar-refractivity contribution in [2.75, 3.05) is 0 Å². The van der Waals surface area contributed by atoms with Gasteiger partial charge < -0.3 is 4.57 Å². The smallest absolute Gasteiger partial charge is 0.195 e. The molecule has 0 unspecified atom stereocenters. The predicted octanol–water partition coefficient (Wildman–Crippen LogP) is 5.13. The second kappa shape index (κ2) is 5.32. The van der Waals surface area contributed by atoms with Gasteiger partial charge in [-0.1, -0.05) is 45.7 Å². The van der Waals surface area contributed by atoms with Crippen LogP contribution in [-0.4, -0.2) is 10.4 Å². The molecule has 0 saturated carbocycles. The normalized spacial score (nSPS) is 11.0. The third-order valence-electron chi connectivity index (χ3n) is 3.63. The zero-order chi connectivity index (χ0) is 15.1. The molecule has 0 aliphatic heterocycles. The number of aryl methyl sites for hydroxylation is 2. The van der Waals surface area contributed by atoms with Crippen molar-refractivity contribution in [3.8, 4) is 0 Å². The van der Waals surface area contributed by atoms with Crippen molar-refractivity contribution in [3.63, 3.8) is 0 Å². The summed E-state index contributed by atoms with van der Waals surface area (Å²) in [6.45, 7) is 2.00. The van der Waals surface area contributed by atoms with E-state index in [1.807, 2.05) is 61.1 Å². The average molecular weight is 363 g/mol. The maximum Gasteiger partial charge on any atom is 0.195 e. The van der Waals surface area contributed by atoms with Gasteiger partial charge in [0, 0.05) is 44.8 Å². The fourth-order valence-corrected chi connectivity index (χ4v) is 2.97. The molecule has 0 atom stereocenters. The number of benzene rings is 2. The first-order chi connectivity index (χ1) is 9.97. The number of hydrogen-bond donors (Lipinski definition) is 0. The molecule has 4 heteroatoms. The number of fused-ring (bicyclic) bond motifs is 1. The Bertz CT molecular complexity index is 867. The topological polar surface area (TPSA) is 22.0 Å². The van der Waals surface area contributed by atoms with Crippen molar-refractivity contribution in [1.29, 1.82) is 0 Å². The number of carbonyl (C=O) groups excluding carboxylic acids is 1. The molecule has 0 N–H and O–H groups in total. The summed E-state index contributed by atoms with van der Waals surface area (Å²) < 4.78 is 2.87. The highest BCUT2D eigenvalue weighted by molar-refractivity contribution is 9.10. The van der Waals surface area contributed by atoms with E-state index in [2.05, 4.69) is 15.9 Å². The van der Waals surface area contributed by atoms with Crippen molar-refractivity contribution in [3.05, 3.63) is 68.8 Å². The van der Waals surface area contributed by atoms with Gasteiger partial charge in [0.25, 0.3) is 0 Å². The molecule has 3 aromatic rings. The summed E-state index contributed by atoms with van der Waals surface area (Å²) in [7, 11) is 1.92. The van der Waals surface area contributed by atoms with E-state index in [-0.39, 0.29) is 5.78 Å². The van der Waals surface area contributed by atoms with Crippen LogP contribution in [0.3, 0.4) is 0 Å². The monoisotopic (exact) mass is 361 g/mol. The molecule has 0 fully saturated rings. The van der Waals surface area contributed by atoms with Gasteiger partial charge in [-0.25, -0.2) is 0 Å². The lowest BCUT2D eigenvalue weighted by Crippen LogP contribution is -2.01. The highest BCUT2D eigenvalue weighted by Gasteiger charge is 2.16. The molecule has 3 rings (SSSR count). The summed E-state index contributed by atoms with van der Waals surface area (Å²) in [5.41, 5.74) is 3.43. The van der Waals surface area contributed by atoms with E-state index in [9.17, 15) is 4.79 Å². The lowest BCUT2D eigenvalue weighted by molar-refractivity contribution is 0.104. The van der Waals surface area contributed by atoms with Crippen molar-refractivity contribution >= 4 is 44.2 Å². The van der Waals surface area contributed by atoms with Crippen LogP contribution in [0.2, 0.25) is 5.02 Å². The molecule has 0 spiro atoms. The molecule has 2 aromatic carbocycles. The molecule has 0 saturated heterocycles. The molecule has 1 aromatic heterocycles. The Balaban J connectivity index is 2.15. The fourth-order valence-electron chi connectivity index (χ4n) is 2.43. The summed E-state index contributed by atoms with van der Waals surface area (Å²) in [6.07, 6.45) is 1.86. The minimum atomic E-state index is 0.0172. The molecule has 21 heavy (non-hydrogen) atoms. The van der Waals surface area contributed by atoms with E-state index in [0.717, 1.165) is 20.9 Å². The second-order valence-electron chi connectivity index (χ2n) is 5.11. The van der Waals surface area contributed by atoms with E-state index >= 15 is 0 Å². The van der Waals surface area contributed by atoms with Crippen molar-refractivity contribution < 1.29 is 4.79 Å². The number of carbonyl (C=O) groups is 1. The Morgan fingerprint density at radius 1 is 1.19 bits per heavy atom. The van der Waals surface area contributed by atoms with Crippen molar-refractivity contribution in [1.82, 2.24) is 4.57 Å². The summed E-state index contributed by atoms with van der Waals surface area (Å²) in [6, 6.07) is 11.3. The predicted molar refractivity (Wildman–Crippen MR) is 90.2 cm³/mol. The summed E-state index contributed by atoms with van der Waals surface area (Å²) in [5.74, 6) is 0.0172. The lowest BCUT2D eigenvalue weighted by atomic mass is 10.0. The van der Waals surface area contributed by atoms with Crippen LogP contribution in [0, 0.1) is 6.92 Å². The first-order valence-electron chi connectivity index (χ1n) is 6.53. The van der Waals surface area contributed by atoms with Crippen LogP contribution in [0.25, 0.3) is 10.9 Å². The first-order valence-corrected chi connectivity index (χ1v) is 7.70. The molecule has 0 radical (unpaired) electrons. The van der Waals surface area contributed by atoms with Crippen LogP contribution in [-0.2, 0) is 7.05 Å². The number of aromatic nitrogens is 1. The van der Waals surface area contributed by atoms with Gasteiger partial charge in [-0.15, -0.1) is 0 Å². The van der Waals surface area contributed by atoms with E-state index in [1.165, 1.54) is 0 Å². The van der Waals surface area contributed by atoms with Crippen LogP contribution < -0.4 is 0 Å². The van der Waals surface area contributed by atoms with Crippen LogP contribution >= 0.6 is 27.5 Å². The SMILES string of the molecule is Cc1ccc(C(=O)c2cn(C)c3cc(Cl)ccc23)cc1Br. The highest BCUT2D eigenvalue weighted by atomic mass is 79.9. The van der Waals surface area contributed by atoms with Gasteiger partial charge in [-0.3, -0.25) is 4.79 Å². The van der Waals surface area contributed by atoms with Crippen molar-refractivity contribution in [2.45, 2.75) is 6.92 Å². The Labute approximate surface area is 136 Å². The van der Waals surface area contributed by atoms with Gasteiger partial charge in [0.05, 0.1) is 0 Å². The molecule has 0 bridgehead atoms. The molecular formula is C17H13BrClNO. The van der Waals surface area contributed by atoms with E-state index in [1.54, 1.807) is 0 Å². The molecule has 0 amide bonds. The number of nitrogens with zero attached hydrogens (tertiary/aromatic N) is 1. The summed E-state index contributed by atoms with van der Waals surface area (Å²) >= 11 is 9.51. The maximum atomic E-state index is 12.8. The summed E-state index contributed by atoms with van der Waals surface area (Å²) in [5, 5.41) is 1.59. The number of halogens is 2. The Kier molecular flexibility index (Phi) is 3.64. The van der Waals surface area contributed by atoms with Gasteiger partial charge >= 0.3 is 0 Å². The number of ketones is 1. The van der Waals surface area contributed by atoms with Crippen LogP contribution in [0.4, 0.5) is 0 Å². The third kappa shape index (κ3) is 2.52. The quantitative estimate of drug-likeness (QED) is 0.579. The van der Waals surface area contributed by atoms with Crippen LogP contribution in [0.5, 0.6) is 0 Å². The van der Waals surface area contributed by atoms with E-state index < -0.39 is 0 Å². The van der Waals surface area contributed by atoms with Gasteiger partial charge in [-0.05, 0) is 30.7 Å². The maximum absolute atomic E-state index is 12.8. The Morgan fingerprint density at radius 3 is 2.67 bits per heavy atom. The zero-order valence-corrected chi connectivity index (χ0v) is 14.0. The molecule has 0 aliphatic rings. The molecule has 1 heterocycles. The third-order valence-corrected chi connectivity index (χ3v) is 4.72. The van der Waals surface area contributed by atoms with Crippen molar-refractivity contribution in [2.24, 2.45) is 7.05 Å². The van der Waals surface area contributed by atoms with E-state index in [4.69, 9.17) is 11.6 Å². The number of hydrogen-bond acceptors (Lipinski definition) is 1. The molecule has 2 nitrogen and oxygen atoms in total. The van der Waals surface area contributed by atoms with Gasteiger partial charge in [0.15, 0.2) is 5.78 Å². The summed E-state index contributed by atoms with van der Waals surface area (Å²) in [4.78, 5) is 12.8. The minimum absolute atomic E-state index is 0.0172. The highest BCUT2D eigenvalue weighted by Crippen LogP contribution is 2.27. The lowest BCUT2D eigenvalue weighted by Gasteiger charge is -2.03. The Hall–Kier alpha value is -1.58. The molecular weight excluding hydrogens is 350 g/mol. The molecule has 106 valence electrons. The number of rotatable bonds is 2. The van der Waals surface area contributed by atoms with Gasteiger partial charge in [0.2, 0.25) is 0 Å². The molecule has 0 aliphatic carbocycles. The largest absolute Gasteiger partial charge is 0.350 e. The van der Waals surface area contributed by atoms with E-state index in [0.29, 0.717) is 16.1 Å². The second-order valence-corrected chi connectivity index (χ2v) is 6.40.